The number of carbonyl (C=O) groups excluding carboxylic acids is 2. The molecule has 0 radical (unpaired) electrons. The van der Waals surface area contributed by atoms with Gasteiger partial charge >= 0.3 is 0 Å². The molecule has 0 saturated heterocycles. The lowest BCUT2D eigenvalue weighted by molar-refractivity contribution is 0.0918. The van der Waals surface area contributed by atoms with E-state index in [1.807, 2.05) is 91.0 Å². The lowest BCUT2D eigenvalue weighted by atomic mass is 9.77. The Balaban J connectivity index is 1.66. The standard InChI is InChI=1S/C37H42N5O4P/c1-27(2)42(28(3)4)47(45-22-14-21-38)46-26-29-23-30(35(39)43)25-31(24-29)36(44)40-41-37(32-15-8-5-9-16-32,33-17-10-6-11-18-33)34-19-12-7-13-20-34/h5-13,15-20,23-25,27-28,41H,14,22,26H2,1-4H3,(H2,39,43)(H,40,44). The summed E-state index contributed by atoms with van der Waals surface area (Å²) in [4.78, 5) is 26.3. The second kappa shape index (κ2) is 16.9. The minimum atomic E-state index is -1.53. The first-order valence-electron chi connectivity index (χ1n) is 15.6. The lowest BCUT2D eigenvalue weighted by Crippen LogP contribution is -2.53. The Morgan fingerprint density at radius 1 is 0.809 bits per heavy atom. The zero-order valence-corrected chi connectivity index (χ0v) is 28.1. The molecular formula is C37H42N5O4P. The summed E-state index contributed by atoms with van der Waals surface area (Å²) in [6.07, 6.45) is 0.233. The Kier molecular flexibility index (Phi) is 12.8. The molecule has 4 N–H and O–H groups in total. The van der Waals surface area contributed by atoms with E-state index in [0.717, 1.165) is 16.7 Å². The number of nitrogens with zero attached hydrogens (tertiary/aromatic N) is 2. The van der Waals surface area contributed by atoms with Crippen LogP contribution in [0, 0.1) is 11.3 Å². The second-order valence-corrected chi connectivity index (χ2v) is 13.0. The quantitative estimate of drug-likeness (QED) is 0.0526. The predicted molar refractivity (Wildman–Crippen MR) is 185 cm³/mol. The van der Waals surface area contributed by atoms with Gasteiger partial charge in [0.1, 0.15) is 5.54 Å². The number of benzene rings is 4. The first-order chi connectivity index (χ1) is 22.7. The van der Waals surface area contributed by atoms with Gasteiger partial charge in [-0.05, 0) is 68.1 Å². The van der Waals surface area contributed by atoms with Gasteiger partial charge in [-0.1, -0.05) is 91.0 Å². The Labute approximate surface area is 278 Å². The third-order valence-electron chi connectivity index (χ3n) is 7.53. The molecule has 0 aliphatic carbocycles. The van der Waals surface area contributed by atoms with Gasteiger partial charge in [0.25, 0.3) is 14.4 Å². The van der Waals surface area contributed by atoms with Crippen LogP contribution in [0.4, 0.5) is 0 Å². The van der Waals surface area contributed by atoms with Crippen molar-refractivity contribution in [1.29, 1.82) is 5.26 Å². The Bertz CT molecular complexity index is 1540. The van der Waals surface area contributed by atoms with Crippen LogP contribution < -0.4 is 16.6 Å². The molecule has 0 aromatic heterocycles. The van der Waals surface area contributed by atoms with Crippen LogP contribution in [-0.4, -0.2) is 35.2 Å². The van der Waals surface area contributed by atoms with Crippen LogP contribution in [0.2, 0.25) is 0 Å². The van der Waals surface area contributed by atoms with E-state index in [1.165, 1.54) is 6.07 Å². The summed E-state index contributed by atoms with van der Waals surface area (Å²) in [5, 5.41) is 9.03. The number of nitrogens with two attached hydrogens (primary N) is 1. The molecule has 9 nitrogen and oxygen atoms in total. The summed E-state index contributed by atoms with van der Waals surface area (Å²) >= 11 is 0. The number of hydrogen-bond acceptors (Lipinski definition) is 7. The molecule has 47 heavy (non-hydrogen) atoms. The van der Waals surface area contributed by atoms with Gasteiger partial charge in [-0.15, -0.1) is 0 Å². The molecule has 244 valence electrons. The first-order valence-corrected chi connectivity index (χ1v) is 16.7. The van der Waals surface area contributed by atoms with Crippen LogP contribution in [0.1, 0.15) is 77.1 Å². The highest BCUT2D eigenvalue weighted by atomic mass is 31.2. The van der Waals surface area contributed by atoms with Crippen molar-refractivity contribution in [3.8, 4) is 6.07 Å². The van der Waals surface area contributed by atoms with Crippen molar-refractivity contribution in [3.63, 3.8) is 0 Å². The zero-order valence-electron chi connectivity index (χ0n) is 27.2. The topological polar surface area (TPSA) is 130 Å². The van der Waals surface area contributed by atoms with Crippen LogP contribution in [0.15, 0.2) is 109 Å². The van der Waals surface area contributed by atoms with Gasteiger partial charge in [0.2, 0.25) is 5.91 Å². The Morgan fingerprint density at radius 3 is 1.74 bits per heavy atom. The number of hydrogen-bond donors (Lipinski definition) is 3. The summed E-state index contributed by atoms with van der Waals surface area (Å²) in [6, 6.07) is 36.8. The van der Waals surface area contributed by atoms with E-state index in [-0.39, 0.29) is 42.8 Å². The largest absolute Gasteiger partial charge is 0.366 e. The summed E-state index contributed by atoms with van der Waals surface area (Å²) in [5.41, 5.74) is 14.8. The number of nitrogens with one attached hydrogen (secondary N) is 2. The molecule has 0 aliphatic rings. The van der Waals surface area contributed by atoms with E-state index in [2.05, 4.69) is 49.3 Å². The maximum Gasteiger partial charge on any atom is 0.265 e. The maximum atomic E-state index is 13.9. The number of rotatable bonds is 16. The van der Waals surface area contributed by atoms with E-state index in [1.54, 1.807) is 12.1 Å². The third-order valence-corrected chi connectivity index (χ3v) is 9.58. The third kappa shape index (κ3) is 8.89. The number of nitriles is 1. The predicted octanol–water partition coefficient (Wildman–Crippen LogP) is 6.80. The fourth-order valence-corrected chi connectivity index (χ4v) is 7.10. The van der Waals surface area contributed by atoms with Gasteiger partial charge in [0.05, 0.1) is 25.7 Å². The molecule has 0 heterocycles. The van der Waals surface area contributed by atoms with Gasteiger partial charge in [0, 0.05) is 23.2 Å². The van der Waals surface area contributed by atoms with Gasteiger partial charge in [-0.2, -0.15) is 5.26 Å². The van der Waals surface area contributed by atoms with E-state index < -0.39 is 25.9 Å². The molecular weight excluding hydrogens is 609 g/mol. The molecule has 1 atom stereocenters. The molecule has 0 saturated carbocycles. The van der Waals surface area contributed by atoms with Crippen LogP contribution in [0.25, 0.3) is 0 Å². The van der Waals surface area contributed by atoms with Crippen molar-refractivity contribution in [2.45, 2.75) is 58.3 Å². The summed E-state index contributed by atoms with van der Waals surface area (Å²) in [5.74, 6) is -1.13. The van der Waals surface area contributed by atoms with Crippen LogP contribution >= 0.6 is 8.53 Å². The van der Waals surface area contributed by atoms with E-state index in [0.29, 0.717) is 5.56 Å². The van der Waals surface area contributed by atoms with E-state index >= 15 is 0 Å². The smallest absolute Gasteiger partial charge is 0.265 e. The van der Waals surface area contributed by atoms with Crippen LogP contribution in [0.3, 0.4) is 0 Å². The summed E-state index contributed by atoms with van der Waals surface area (Å²) in [6.45, 7) is 8.49. The Morgan fingerprint density at radius 2 is 1.30 bits per heavy atom. The van der Waals surface area contributed by atoms with Gasteiger partial charge in [0.15, 0.2) is 0 Å². The fraction of sp³-hybridized carbons (Fsp3) is 0.270. The minimum Gasteiger partial charge on any atom is -0.366 e. The monoisotopic (exact) mass is 651 g/mol. The highest BCUT2D eigenvalue weighted by Gasteiger charge is 2.37. The SMILES string of the molecule is CC(C)N(C(C)C)P(OCCC#N)OCc1cc(C(N)=O)cc(C(=O)NNC(c2ccccc2)(c2ccccc2)c2ccccc2)c1. The van der Waals surface area contributed by atoms with Crippen molar-refractivity contribution in [3.05, 3.63) is 143 Å². The van der Waals surface area contributed by atoms with Gasteiger partial charge in [-0.3, -0.25) is 15.0 Å². The van der Waals surface area contributed by atoms with Crippen molar-refractivity contribution in [2.24, 2.45) is 5.73 Å². The van der Waals surface area contributed by atoms with Crippen LogP contribution in [-0.2, 0) is 21.2 Å². The van der Waals surface area contributed by atoms with Crippen molar-refractivity contribution in [2.75, 3.05) is 6.61 Å². The molecule has 4 aromatic carbocycles. The first kappa shape index (κ1) is 35.4. The van der Waals surface area contributed by atoms with Crippen molar-refractivity contribution >= 4 is 20.3 Å². The van der Waals surface area contributed by atoms with E-state index in [4.69, 9.17) is 20.0 Å². The number of amides is 2. The maximum absolute atomic E-state index is 13.9. The summed E-state index contributed by atoms with van der Waals surface area (Å²) in [7, 11) is -1.53. The molecule has 0 spiro atoms. The molecule has 0 fully saturated rings. The molecule has 4 aromatic rings. The highest BCUT2D eigenvalue weighted by molar-refractivity contribution is 7.44. The zero-order chi connectivity index (χ0) is 33.8. The average Bonchev–Trinajstić information content (AvgIpc) is 3.08. The molecule has 1 unspecified atom stereocenters. The number of carbonyl (C=O) groups is 2. The average molecular weight is 652 g/mol. The second-order valence-electron chi connectivity index (χ2n) is 11.5. The molecule has 4 rings (SSSR count). The van der Waals surface area contributed by atoms with E-state index in [9.17, 15) is 9.59 Å². The van der Waals surface area contributed by atoms with Crippen molar-refractivity contribution in [1.82, 2.24) is 15.5 Å². The van der Waals surface area contributed by atoms with Gasteiger partial charge < -0.3 is 14.8 Å². The van der Waals surface area contributed by atoms with Gasteiger partial charge in [-0.25, -0.2) is 10.1 Å². The number of hydrazine groups is 1. The lowest BCUT2D eigenvalue weighted by Gasteiger charge is -2.37. The molecule has 0 aliphatic heterocycles. The molecule has 2 amide bonds. The minimum absolute atomic E-state index is 0.0605. The normalized spacial score (nSPS) is 12.2. The highest BCUT2D eigenvalue weighted by Crippen LogP contribution is 2.46. The van der Waals surface area contributed by atoms with Crippen molar-refractivity contribution < 1.29 is 18.6 Å². The Hall–Kier alpha value is -4.42. The van der Waals surface area contributed by atoms with Crippen LogP contribution in [0.5, 0.6) is 0 Å². The fourth-order valence-electron chi connectivity index (χ4n) is 5.50. The molecule has 10 heteroatoms. The molecule has 0 bridgehead atoms. The number of primary amides is 1. The summed E-state index contributed by atoms with van der Waals surface area (Å²) < 4.78 is 14.4.